The standard InChI is InChI=1S/C7H18N4.C2H6/c1-6(2)4-3-5-7(8)10-11-9;1-2/h6,11H,3-5,9H2,1-2H3,(H2,8,10);1-2H3. The number of amidine groups is 1. The van der Waals surface area contributed by atoms with Crippen molar-refractivity contribution < 1.29 is 0 Å². The molecule has 0 aliphatic rings. The van der Waals surface area contributed by atoms with Gasteiger partial charge >= 0.3 is 0 Å². The lowest BCUT2D eigenvalue weighted by molar-refractivity contribution is 0.563. The molecule has 0 fully saturated rings. The minimum absolute atomic E-state index is 0.577. The topological polar surface area (TPSA) is 76.4 Å². The zero-order chi connectivity index (χ0) is 10.7. The normalized spacial score (nSPS) is 10.8. The summed E-state index contributed by atoms with van der Waals surface area (Å²) in [6.07, 6.45) is 3.08. The fourth-order valence-corrected chi connectivity index (χ4v) is 0.830. The van der Waals surface area contributed by atoms with Crippen LogP contribution in [-0.4, -0.2) is 5.84 Å². The van der Waals surface area contributed by atoms with Gasteiger partial charge in [-0.25, -0.2) is 11.4 Å². The highest BCUT2D eigenvalue weighted by molar-refractivity contribution is 5.79. The third kappa shape index (κ3) is 14.1. The van der Waals surface area contributed by atoms with Crippen LogP contribution < -0.4 is 17.1 Å². The van der Waals surface area contributed by atoms with E-state index in [2.05, 4.69) is 24.5 Å². The number of hydrogen-bond acceptors (Lipinski definition) is 3. The Morgan fingerprint density at radius 2 is 1.92 bits per heavy atom. The first-order valence-corrected chi connectivity index (χ1v) is 4.94. The van der Waals surface area contributed by atoms with Crippen molar-refractivity contribution in [2.45, 2.75) is 47.0 Å². The molecule has 0 amide bonds. The molecular weight excluding hydrogens is 164 g/mol. The third-order valence-electron chi connectivity index (χ3n) is 1.42. The fourth-order valence-electron chi connectivity index (χ4n) is 0.830. The number of nitrogens with two attached hydrogens (primary N) is 2. The van der Waals surface area contributed by atoms with E-state index in [1.807, 2.05) is 13.8 Å². The van der Waals surface area contributed by atoms with E-state index in [1.54, 1.807) is 0 Å². The molecule has 0 spiro atoms. The maximum absolute atomic E-state index is 5.48. The van der Waals surface area contributed by atoms with Gasteiger partial charge in [0, 0.05) is 6.42 Å². The lowest BCUT2D eigenvalue weighted by atomic mass is 10.1. The first-order chi connectivity index (χ1) is 6.16. The summed E-state index contributed by atoms with van der Waals surface area (Å²) in [5.41, 5.74) is 7.65. The van der Waals surface area contributed by atoms with Crippen molar-refractivity contribution >= 4 is 5.84 Å². The second kappa shape index (κ2) is 11.2. The molecule has 4 nitrogen and oxygen atoms in total. The van der Waals surface area contributed by atoms with E-state index >= 15 is 0 Å². The van der Waals surface area contributed by atoms with E-state index in [0.717, 1.165) is 18.8 Å². The third-order valence-corrected chi connectivity index (χ3v) is 1.42. The van der Waals surface area contributed by atoms with Gasteiger partial charge in [-0.3, -0.25) is 0 Å². The number of hydrazone groups is 1. The number of nitrogens with zero attached hydrogens (tertiary/aromatic N) is 1. The molecular formula is C9H24N4. The van der Waals surface area contributed by atoms with Crippen LogP contribution in [0.4, 0.5) is 0 Å². The van der Waals surface area contributed by atoms with Crippen LogP contribution in [-0.2, 0) is 0 Å². The minimum Gasteiger partial charge on any atom is -0.386 e. The summed E-state index contributed by atoms with van der Waals surface area (Å²) in [5, 5.41) is 3.64. The van der Waals surface area contributed by atoms with E-state index in [0.29, 0.717) is 5.84 Å². The molecule has 5 N–H and O–H groups in total. The second-order valence-electron chi connectivity index (χ2n) is 3.02. The average molecular weight is 188 g/mol. The first kappa shape index (κ1) is 14.7. The molecule has 13 heavy (non-hydrogen) atoms. The van der Waals surface area contributed by atoms with Crippen LogP contribution >= 0.6 is 0 Å². The molecule has 0 atom stereocenters. The van der Waals surface area contributed by atoms with Gasteiger partial charge in [-0.15, -0.1) is 0 Å². The van der Waals surface area contributed by atoms with Crippen LogP contribution in [0.15, 0.2) is 5.10 Å². The van der Waals surface area contributed by atoms with Crippen LogP contribution in [0, 0.1) is 5.92 Å². The zero-order valence-corrected chi connectivity index (χ0v) is 9.30. The number of rotatable bonds is 5. The van der Waals surface area contributed by atoms with Crippen LogP contribution in [0.2, 0.25) is 0 Å². The first-order valence-electron chi connectivity index (χ1n) is 4.94. The maximum Gasteiger partial charge on any atom is 0.121 e. The Morgan fingerprint density at radius 3 is 2.31 bits per heavy atom. The van der Waals surface area contributed by atoms with Crippen LogP contribution in [0.1, 0.15) is 47.0 Å². The molecule has 0 saturated heterocycles. The highest BCUT2D eigenvalue weighted by atomic mass is 15.5. The molecule has 0 radical (unpaired) electrons. The molecule has 80 valence electrons. The predicted molar refractivity (Wildman–Crippen MR) is 59.0 cm³/mol. The smallest absolute Gasteiger partial charge is 0.121 e. The van der Waals surface area contributed by atoms with Gasteiger partial charge in [-0.05, 0) is 12.3 Å². The zero-order valence-electron chi connectivity index (χ0n) is 9.30. The molecule has 0 saturated carbocycles. The highest BCUT2D eigenvalue weighted by Crippen LogP contribution is 2.05. The molecule has 0 aliphatic carbocycles. The van der Waals surface area contributed by atoms with Gasteiger partial charge in [0.25, 0.3) is 0 Å². The Morgan fingerprint density at radius 1 is 1.38 bits per heavy atom. The van der Waals surface area contributed by atoms with Gasteiger partial charge in [0.1, 0.15) is 5.84 Å². The molecule has 0 aliphatic heterocycles. The highest BCUT2D eigenvalue weighted by Gasteiger charge is 1.95. The predicted octanol–water partition coefficient (Wildman–Crippen LogP) is 1.57. The summed E-state index contributed by atoms with van der Waals surface area (Å²) >= 11 is 0. The number of hydrogen-bond donors (Lipinski definition) is 3. The van der Waals surface area contributed by atoms with Gasteiger partial charge in [0.15, 0.2) is 0 Å². The van der Waals surface area contributed by atoms with Crippen molar-refractivity contribution in [2.75, 3.05) is 0 Å². The lowest BCUT2D eigenvalue weighted by Gasteiger charge is -2.03. The Hall–Kier alpha value is -0.770. The van der Waals surface area contributed by atoms with Crippen LogP contribution in [0.25, 0.3) is 0 Å². The Balaban J connectivity index is 0. The minimum atomic E-state index is 0.577. The summed E-state index contributed by atoms with van der Waals surface area (Å²) < 4.78 is 0. The van der Waals surface area contributed by atoms with Gasteiger partial charge in [-0.2, -0.15) is 5.10 Å². The molecule has 0 aromatic rings. The van der Waals surface area contributed by atoms with Crippen molar-refractivity contribution in [3.8, 4) is 0 Å². The van der Waals surface area contributed by atoms with Gasteiger partial charge < -0.3 is 5.73 Å². The van der Waals surface area contributed by atoms with Crippen molar-refractivity contribution in [1.29, 1.82) is 0 Å². The fraction of sp³-hybridized carbons (Fsp3) is 0.889. The van der Waals surface area contributed by atoms with E-state index < -0.39 is 0 Å². The number of hydrazine groups is 1. The van der Waals surface area contributed by atoms with Gasteiger partial charge in [0.05, 0.1) is 0 Å². The molecule has 0 bridgehead atoms. The summed E-state index contributed by atoms with van der Waals surface area (Å²) in [7, 11) is 0. The summed E-state index contributed by atoms with van der Waals surface area (Å²) in [5.74, 6) is 6.25. The Kier molecular flexibility index (Phi) is 12.7. The molecule has 0 heterocycles. The van der Waals surface area contributed by atoms with Crippen molar-refractivity contribution in [3.63, 3.8) is 0 Å². The summed E-state index contributed by atoms with van der Waals surface area (Å²) in [4.78, 5) is 0. The Bertz CT molecular complexity index is 121. The summed E-state index contributed by atoms with van der Waals surface area (Å²) in [6, 6.07) is 0. The largest absolute Gasteiger partial charge is 0.386 e. The Labute approximate surface area is 81.7 Å². The van der Waals surface area contributed by atoms with E-state index in [4.69, 9.17) is 11.6 Å². The van der Waals surface area contributed by atoms with Crippen molar-refractivity contribution in [2.24, 2.45) is 22.6 Å². The molecule has 0 rings (SSSR count). The van der Waals surface area contributed by atoms with Gasteiger partial charge in [-0.1, -0.05) is 34.1 Å². The maximum atomic E-state index is 5.48. The molecule has 0 aromatic heterocycles. The van der Waals surface area contributed by atoms with Crippen molar-refractivity contribution in [3.05, 3.63) is 0 Å². The lowest BCUT2D eigenvalue weighted by Crippen LogP contribution is -2.22. The van der Waals surface area contributed by atoms with Gasteiger partial charge in [0.2, 0.25) is 0 Å². The molecule has 0 unspecified atom stereocenters. The van der Waals surface area contributed by atoms with E-state index in [1.165, 1.54) is 6.42 Å². The molecule has 0 aromatic carbocycles. The second-order valence-corrected chi connectivity index (χ2v) is 3.02. The van der Waals surface area contributed by atoms with E-state index in [-0.39, 0.29) is 0 Å². The van der Waals surface area contributed by atoms with E-state index in [9.17, 15) is 0 Å². The molecule has 4 heteroatoms. The SMILES string of the molecule is CC.CC(C)CCC/C(N)=N/NN. The van der Waals surface area contributed by atoms with Crippen LogP contribution in [0.5, 0.6) is 0 Å². The summed E-state index contributed by atoms with van der Waals surface area (Å²) in [6.45, 7) is 8.38. The quantitative estimate of drug-likeness (QED) is 0.265. The number of nitrogens with one attached hydrogen (secondary N) is 1. The average Bonchev–Trinajstić information content (AvgIpc) is 2.08. The monoisotopic (exact) mass is 188 g/mol. The van der Waals surface area contributed by atoms with Crippen LogP contribution in [0.3, 0.4) is 0 Å². The van der Waals surface area contributed by atoms with Crippen molar-refractivity contribution in [1.82, 2.24) is 5.53 Å².